The SMILES string of the molecule is O=C1CN(C(=O)c2csnn2)C[C@H](OCc2ccccn2)CN1Cc1ccccc1. The van der Waals surface area contributed by atoms with Gasteiger partial charge < -0.3 is 14.5 Å². The van der Waals surface area contributed by atoms with Crippen molar-refractivity contribution < 1.29 is 14.3 Å². The molecule has 4 rings (SSSR count). The fraction of sp³-hybridized carbons (Fsp3) is 0.286. The van der Waals surface area contributed by atoms with Crippen molar-refractivity contribution in [1.82, 2.24) is 24.4 Å². The van der Waals surface area contributed by atoms with Gasteiger partial charge >= 0.3 is 0 Å². The molecule has 0 unspecified atom stereocenters. The molecule has 30 heavy (non-hydrogen) atoms. The molecule has 1 saturated heterocycles. The lowest BCUT2D eigenvalue weighted by Gasteiger charge is -2.24. The number of carbonyl (C=O) groups is 2. The van der Waals surface area contributed by atoms with Crippen LogP contribution in [0.4, 0.5) is 0 Å². The Morgan fingerprint density at radius 3 is 2.70 bits per heavy atom. The molecule has 3 aromatic rings. The minimum absolute atomic E-state index is 0.0212. The van der Waals surface area contributed by atoms with Crippen LogP contribution in [0.3, 0.4) is 0 Å². The van der Waals surface area contributed by atoms with Crippen LogP contribution in [-0.2, 0) is 22.7 Å². The minimum Gasteiger partial charge on any atom is -0.368 e. The van der Waals surface area contributed by atoms with E-state index in [4.69, 9.17) is 4.74 Å². The normalized spacial score (nSPS) is 17.1. The van der Waals surface area contributed by atoms with Crippen molar-refractivity contribution in [3.63, 3.8) is 0 Å². The summed E-state index contributed by atoms with van der Waals surface area (Å²) in [4.78, 5) is 33.3. The van der Waals surface area contributed by atoms with Gasteiger partial charge in [-0.3, -0.25) is 14.6 Å². The summed E-state index contributed by atoms with van der Waals surface area (Å²) < 4.78 is 9.84. The molecule has 2 amide bonds. The van der Waals surface area contributed by atoms with Gasteiger partial charge in [-0.15, -0.1) is 5.10 Å². The van der Waals surface area contributed by atoms with Crippen LogP contribution in [0.2, 0.25) is 0 Å². The first-order chi connectivity index (χ1) is 14.7. The van der Waals surface area contributed by atoms with Crippen LogP contribution < -0.4 is 0 Å². The molecule has 9 heteroatoms. The van der Waals surface area contributed by atoms with Crippen LogP contribution in [-0.4, -0.2) is 61.9 Å². The first kappa shape index (κ1) is 20.1. The van der Waals surface area contributed by atoms with Crippen molar-refractivity contribution in [3.05, 3.63) is 77.1 Å². The maximum Gasteiger partial charge on any atom is 0.275 e. The zero-order valence-electron chi connectivity index (χ0n) is 16.3. The molecule has 0 aliphatic carbocycles. The van der Waals surface area contributed by atoms with Gasteiger partial charge in [0.1, 0.15) is 6.54 Å². The fourth-order valence-corrected chi connectivity index (χ4v) is 3.73. The molecule has 0 saturated carbocycles. The van der Waals surface area contributed by atoms with E-state index in [1.165, 1.54) is 4.90 Å². The van der Waals surface area contributed by atoms with E-state index < -0.39 is 0 Å². The van der Waals surface area contributed by atoms with Crippen LogP contribution in [0.25, 0.3) is 0 Å². The highest BCUT2D eigenvalue weighted by Gasteiger charge is 2.32. The molecule has 154 valence electrons. The molecule has 1 fully saturated rings. The van der Waals surface area contributed by atoms with Crippen molar-refractivity contribution in [2.45, 2.75) is 19.3 Å². The Balaban J connectivity index is 1.52. The predicted octanol–water partition coefficient (Wildman–Crippen LogP) is 2.00. The molecular formula is C21H21N5O3S. The Hall–Kier alpha value is -3.17. The summed E-state index contributed by atoms with van der Waals surface area (Å²) in [5.74, 6) is -0.440. The Morgan fingerprint density at radius 1 is 1.13 bits per heavy atom. The molecule has 2 aromatic heterocycles. The molecule has 0 N–H and O–H groups in total. The largest absolute Gasteiger partial charge is 0.368 e. The summed E-state index contributed by atoms with van der Waals surface area (Å²) in [6.45, 7) is 1.43. The second-order valence-corrected chi connectivity index (χ2v) is 7.60. The van der Waals surface area contributed by atoms with Gasteiger partial charge in [-0.2, -0.15) is 0 Å². The number of hydrogen-bond acceptors (Lipinski definition) is 7. The van der Waals surface area contributed by atoms with Gasteiger partial charge in [0.2, 0.25) is 5.91 Å². The van der Waals surface area contributed by atoms with Crippen LogP contribution in [0.5, 0.6) is 0 Å². The second kappa shape index (κ2) is 9.55. The molecule has 0 bridgehead atoms. The Kier molecular flexibility index (Phi) is 6.41. The van der Waals surface area contributed by atoms with E-state index in [1.807, 2.05) is 48.5 Å². The van der Waals surface area contributed by atoms with Gasteiger partial charge in [0.25, 0.3) is 5.91 Å². The van der Waals surface area contributed by atoms with Gasteiger partial charge in [-0.25, -0.2) is 0 Å². The lowest BCUT2D eigenvalue weighted by atomic mass is 10.2. The molecule has 1 atom stereocenters. The van der Waals surface area contributed by atoms with Crippen molar-refractivity contribution in [2.24, 2.45) is 0 Å². The van der Waals surface area contributed by atoms with Gasteiger partial charge in [0.15, 0.2) is 5.69 Å². The van der Waals surface area contributed by atoms with Crippen molar-refractivity contribution >= 4 is 23.3 Å². The number of carbonyl (C=O) groups excluding carboxylic acids is 2. The topological polar surface area (TPSA) is 88.5 Å². The number of nitrogens with zero attached hydrogens (tertiary/aromatic N) is 5. The summed E-state index contributed by atoms with van der Waals surface area (Å²) in [5, 5.41) is 5.44. The van der Waals surface area contributed by atoms with Gasteiger partial charge in [-0.05, 0) is 29.2 Å². The first-order valence-electron chi connectivity index (χ1n) is 9.58. The predicted molar refractivity (Wildman–Crippen MR) is 110 cm³/mol. The highest BCUT2D eigenvalue weighted by Crippen LogP contribution is 2.16. The maximum absolute atomic E-state index is 13.0. The number of ether oxygens (including phenoxy) is 1. The second-order valence-electron chi connectivity index (χ2n) is 6.99. The van der Waals surface area contributed by atoms with Gasteiger partial charge in [-0.1, -0.05) is 40.9 Å². The third-order valence-electron chi connectivity index (χ3n) is 4.80. The molecule has 1 aliphatic heterocycles. The number of hydrogen-bond donors (Lipinski definition) is 0. The van der Waals surface area contributed by atoms with Crippen LogP contribution >= 0.6 is 11.5 Å². The molecular weight excluding hydrogens is 402 g/mol. The lowest BCUT2D eigenvalue weighted by molar-refractivity contribution is -0.132. The number of amides is 2. The average molecular weight is 423 g/mol. The van der Waals surface area contributed by atoms with Gasteiger partial charge in [0.05, 0.1) is 18.4 Å². The number of benzene rings is 1. The maximum atomic E-state index is 13.0. The minimum atomic E-state index is -0.349. The standard InChI is InChI=1S/C21H21N5O3S/c27-20-13-26(21(28)19-15-30-24-23-19)12-18(29-14-17-8-4-5-9-22-17)11-25(20)10-16-6-2-1-3-7-16/h1-9,15,18H,10-14H2/t18-/m1/s1. The summed E-state index contributed by atoms with van der Waals surface area (Å²) in [7, 11) is 0. The molecule has 3 heterocycles. The van der Waals surface area contributed by atoms with E-state index in [2.05, 4.69) is 14.6 Å². The summed E-state index contributed by atoms with van der Waals surface area (Å²) >= 11 is 1.11. The lowest BCUT2D eigenvalue weighted by Crippen LogP contribution is -2.39. The van der Waals surface area contributed by atoms with Crippen molar-refractivity contribution in [1.29, 1.82) is 0 Å². The van der Waals surface area contributed by atoms with Gasteiger partial charge in [0, 0.05) is 31.2 Å². The van der Waals surface area contributed by atoms with Crippen LogP contribution in [0.1, 0.15) is 21.7 Å². The number of rotatable bonds is 6. The molecule has 0 radical (unpaired) electrons. The zero-order valence-corrected chi connectivity index (χ0v) is 17.1. The van der Waals surface area contributed by atoms with Crippen LogP contribution in [0, 0.1) is 0 Å². The van der Waals surface area contributed by atoms with E-state index in [9.17, 15) is 9.59 Å². The van der Waals surface area contributed by atoms with Crippen molar-refractivity contribution in [3.8, 4) is 0 Å². The van der Waals surface area contributed by atoms with E-state index >= 15 is 0 Å². The van der Waals surface area contributed by atoms with Crippen LogP contribution in [0.15, 0.2) is 60.1 Å². The monoisotopic (exact) mass is 423 g/mol. The third-order valence-corrected chi connectivity index (χ3v) is 5.31. The average Bonchev–Trinajstić information content (AvgIpc) is 3.27. The highest BCUT2D eigenvalue weighted by molar-refractivity contribution is 7.03. The zero-order chi connectivity index (χ0) is 20.8. The quantitative estimate of drug-likeness (QED) is 0.603. The summed E-state index contributed by atoms with van der Waals surface area (Å²) in [6.07, 6.45) is 1.36. The Bertz CT molecular complexity index is 969. The third kappa shape index (κ3) is 5.05. The first-order valence-corrected chi connectivity index (χ1v) is 10.4. The molecule has 1 aromatic carbocycles. The number of aromatic nitrogens is 3. The summed E-state index contributed by atoms with van der Waals surface area (Å²) in [5.41, 5.74) is 2.06. The van der Waals surface area contributed by atoms with E-state index in [0.717, 1.165) is 22.8 Å². The van der Waals surface area contributed by atoms with E-state index in [1.54, 1.807) is 16.5 Å². The van der Waals surface area contributed by atoms with E-state index in [-0.39, 0.29) is 30.2 Å². The molecule has 1 aliphatic rings. The Morgan fingerprint density at radius 2 is 1.97 bits per heavy atom. The summed E-state index contributed by atoms with van der Waals surface area (Å²) in [6, 6.07) is 15.4. The molecule has 0 spiro atoms. The highest BCUT2D eigenvalue weighted by atomic mass is 32.1. The molecule has 8 nitrogen and oxygen atoms in total. The van der Waals surface area contributed by atoms with Crippen molar-refractivity contribution in [2.75, 3.05) is 19.6 Å². The van der Waals surface area contributed by atoms with E-state index in [0.29, 0.717) is 26.2 Å². The smallest absolute Gasteiger partial charge is 0.275 e. The fourth-order valence-electron chi connectivity index (χ4n) is 3.30. The Labute approximate surface area is 178 Å². The number of pyridine rings is 1.